The monoisotopic (exact) mass is 194 g/mol. The van der Waals surface area contributed by atoms with E-state index >= 15 is 0 Å². The van der Waals surface area contributed by atoms with Gasteiger partial charge in [-0.1, -0.05) is 38.1 Å². The Morgan fingerprint density at radius 3 is 2.21 bits per heavy atom. The SMILES string of the molecule is CC(C)c1ccccc1C(O)CCO. The average molecular weight is 194 g/mol. The van der Waals surface area contributed by atoms with Crippen LogP contribution in [0.5, 0.6) is 0 Å². The standard InChI is InChI=1S/C12H18O2/c1-9(2)10-5-3-4-6-11(10)12(14)7-8-13/h3-6,9,12-14H,7-8H2,1-2H3. The second kappa shape index (κ2) is 5.13. The predicted octanol–water partition coefficient (Wildman–Crippen LogP) is 2.23. The highest BCUT2D eigenvalue weighted by atomic mass is 16.3. The molecule has 0 bridgehead atoms. The van der Waals surface area contributed by atoms with Crippen molar-refractivity contribution in [3.8, 4) is 0 Å². The zero-order valence-electron chi connectivity index (χ0n) is 8.77. The largest absolute Gasteiger partial charge is 0.396 e. The van der Waals surface area contributed by atoms with E-state index in [1.807, 2.05) is 24.3 Å². The van der Waals surface area contributed by atoms with Gasteiger partial charge in [-0.15, -0.1) is 0 Å². The van der Waals surface area contributed by atoms with Crippen LogP contribution in [0.3, 0.4) is 0 Å². The van der Waals surface area contributed by atoms with Gasteiger partial charge in [0.05, 0.1) is 6.10 Å². The third-order valence-electron chi connectivity index (χ3n) is 2.38. The topological polar surface area (TPSA) is 40.5 Å². The number of aliphatic hydroxyl groups is 2. The smallest absolute Gasteiger partial charge is 0.0814 e. The molecule has 0 radical (unpaired) electrons. The number of benzene rings is 1. The summed E-state index contributed by atoms with van der Waals surface area (Å²) >= 11 is 0. The van der Waals surface area contributed by atoms with Crippen LogP contribution >= 0.6 is 0 Å². The van der Waals surface area contributed by atoms with Gasteiger partial charge >= 0.3 is 0 Å². The summed E-state index contributed by atoms with van der Waals surface area (Å²) in [5.41, 5.74) is 2.10. The van der Waals surface area contributed by atoms with Crippen molar-refractivity contribution in [1.82, 2.24) is 0 Å². The number of aliphatic hydroxyl groups excluding tert-OH is 2. The Bertz CT molecular complexity index is 281. The summed E-state index contributed by atoms with van der Waals surface area (Å²) in [6, 6.07) is 7.85. The molecule has 1 aromatic carbocycles. The molecule has 2 heteroatoms. The molecule has 0 aromatic heterocycles. The molecule has 78 valence electrons. The number of hydrogen-bond acceptors (Lipinski definition) is 2. The van der Waals surface area contributed by atoms with Gasteiger partial charge in [0.15, 0.2) is 0 Å². The van der Waals surface area contributed by atoms with Crippen molar-refractivity contribution in [1.29, 1.82) is 0 Å². The third kappa shape index (κ3) is 2.56. The van der Waals surface area contributed by atoms with Crippen molar-refractivity contribution in [2.24, 2.45) is 0 Å². The van der Waals surface area contributed by atoms with Gasteiger partial charge in [0.25, 0.3) is 0 Å². The highest BCUT2D eigenvalue weighted by Crippen LogP contribution is 2.26. The molecule has 0 aliphatic rings. The van der Waals surface area contributed by atoms with E-state index in [-0.39, 0.29) is 6.61 Å². The summed E-state index contributed by atoms with van der Waals surface area (Å²) in [7, 11) is 0. The van der Waals surface area contributed by atoms with Gasteiger partial charge in [0.2, 0.25) is 0 Å². The Morgan fingerprint density at radius 1 is 1.14 bits per heavy atom. The lowest BCUT2D eigenvalue weighted by Gasteiger charge is -2.16. The Hall–Kier alpha value is -0.860. The van der Waals surface area contributed by atoms with E-state index in [2.05, 4.69) is 13.8 Å². The second-order valence-electron chi connectivity index (χ2n) is 3.81. The van der Waals surface area contributed by atoms with E-state index in [1.54, 1.807) is 0 Å². The molecule has 1 rings (SSSR count). The van der Waals surface area contributed by atoms with E-state index in [4.69, 9.17) is 5.11 Å². The van der Waals surface area contributed by atoms with Crippen LogP contribution in [0.1, 0.15) is 43.4 Å². The third-order valence-corrected chi connectivity index (χ3v) is 2.38. The summed E-state index contributed by atoms with van der Waals surface area (Å²) in [5.74, 6) is 0.402. The molecule has 2 nitrogen and oxygen atoms in total. The fraction of sp³-hybridized carbons (Fsp3) is 0.500. The van der Waals surface area contributed by atoms with Gasteiger partial charge < -0.3 is 10.2 Å². The molecular formula is C12H18O2. The lowest BCUT2D eigenvalue weighted by molar-refractivity contribution is 0.133. The van der Waals surface area contributed by atoms with Crippen LogP contribution in [-0.4, -0.2) is 16.8 Å². The van der Waals surface area contributed by atoms with Crippen LogP contribution in [0.4, 0.5) is 0 Å². The Labute approximate surface area is 85.2 Å². The van der Waals surface area contributed by atoms with Gasteiger partial charge in [-0.05, 0) is 17.0 Å². The zero-order valence-corrected chi connectivity index (χ0v) is 8.77. The number of hydrogen-bond donors (Lipinski definition) is 2. The van der Waals surface area contributed by atoms with Gasteiger partial charge in [-0.3, -0.25) is 0 Å². The first-order chi connectivity index (χ1) is 6.66. The number of rotatable bonds is 4. The first-order valence-corrected chi connectivity index (χ1v) is 5.04. The van der Waals surface area contributed by atoms with Crippen molar-refractivity contribution < 1.29 is 10.2 Å². The molecule has 0 saturated carbocycles. The normalized spacial score (nSPS) is 13.2. The van der Waals surface area contributed by atoms with Crippen molar-refractivity contribution in [3.63, 3.8) is 0 Å². The van der Waals surface area contributed by atoms with Crippen LogP contribution in [0.15, 0.2) is 24.3 Å². The van der Waals surface area contributed by atoms with Gasteiger partial charge in [-0.2, -0.15) is 0 Å². The molecular weight excluding hydrogens is 176 g/mol. The van der Waals surface area contributed by atoms with Crippen molar-refractivity contribution in [3.05, 3.63) is 35.4 Å². The Balaban J connectivity index is 2.94. The molecule has 0 heterocycles. The molecule has 1 aromatic rings. The van der Waals surface area contributed by atoms with Gasteiger partial charge in [0, 0.05) is 13.0 Å². The first-order valence-electron chi connectivity index (χ1n) is 5.04. The molecule has 0 aliphatic heterocycles. The fourth-order valence-corrected chi connectivity index (χ4v) is 1.62. The fourth-order valence-electron chi connectivity index (χ4n) is 1.62. The zero-order chi connectivity index (χ0) is 10.6. The maximum absolute atomic E-state index is 9.79. The summed E-state index contributed by atoms with van der Waals surface area (Å²) in [5, 5.41) is 18.6. The van der Waals surface area contributed by atoms with E-state index in [0.717, 1.165) is 11.1 Å². The van der Waals surface area contributed by atoms with Crippen molar-refractivity contribution in [2.45, 2.75) is 32.3 Å². The van der Waals surface area contributed by atoms with Crippen molar-refractivity contribution >= 4 is 0 Å². The molecule has 1 unspecified atom stereocenters. The minimum Gasteiger partial charge on any atom is -0.396 e. The second-order valence-corrected chi connectivity index (χ2v) is 3.81. The Morgan fingerprint density at radius 2 is 1.71 bits per heavy atom. The summed E-state index contributed by atoms with van der Waals surface area (Å²) in [6.45, 7) is 4.22. The maximum atomic E-state index is 9.79. The molecule has 0 amide bonds. The van der Waals surface area contributed by atoms with E-state index < -0.39 is 6.10 Å². The molecule has 14 heavy (non-hydrogen) atoms. The average Bonchev–Trinajstić information content (AvgIpc) is 2.18. The predicted molar refractivity (Wildman–Crippen MR) is 57.2 cm³/mol. The summed E-state index contributed by atoms with van der Waals surface area (Å²) in [4.78, 5) is 0. The van der Waals surface area contributed by atoms with Gasteiger partial charge in [-0.25, -0.2) is 0 Å². The van der Waals surface area contributed by atoms with Crippen LogP contribution in [-0.2, 0) is 0 Å². The summed E-state index contributed by atoms with van der Waals surface area (Å²) < 4.78 is 0. The van der Waals surface area contributed by atoms with Gasteiger partial charge in [0.1, 0.15) is 0 Å². The van der Waals surface area contributed by atoms with E-state index in [9.17, 15) is 5.11 Å². The lowest BCUT2D eigenvalue weighted by Crippen LogP contribution is -2.05. The summed E-state index contributed by atoms with van der Waals surface area (Å²) in [6.07, 6.45) is -0.136. The maximum Gasteiger partial charge on any atom is 0.0814 e. The highest BCUT2D eigenvalue weighted by molar-refractivity contribution is 5.31. The van der Waals surface area contributed by atoms with Crippen LogP contribution in [0, 0.1) is 0 Å². The molecule has 1 atom stereocenters. The molecule has 2 N–H and O–H groups in total. The highest BCUT2D eigenvalue weighted by Gasteiger charge is 2.12. The molecule has 0 fully saturated rings. The molecule has 0 spiro atoms. The lowest BCUT2D eigenvalue weighted by atomic mass is 9.93. The first kappa shape index (κ1) is 11.2. The minimum absolute atomic E-state index is 0.0214. The quantitative estimate of drug-likeness (QED) is 0.771. The van der Waals surface area contributed by atoms with Crippen LogP contribution in [0.25, 0.3) is 0 Å². The minimum atomic E-state index is -0.543. The van der Waals surface area contributed by atoms with E-state index in [0.29, 0.717) is 12.3 Å². The molecule has 0 aliphatic carbocycles. The van der Waals surface area contributed by atoms with Crippen molar-refractivity contribution in [2.75, 3.05) is 6.61 Å². The Kier molecular flexibility index (Phi) is 4.11. The van der Waals surface area contributed by atoms with Crippen LogP contribution in [0.2, 0.25) is 0 Å². The molecule has 0 saturated heterocycles. The van der Waals surface area contributed by atoms with E-state index in [1.165, 1.54) is 0 Å². The van der Waals surface area contributed by atoms with Crippen LogP contribution < -0.4 is 0 Å².